The Hall–Kier alpha value is -0.300. The van der Waals surface area contributed by atoms with Crippen molar-refractivity contribution in [1.29, 1.82) is 0 Å². The minimum atomic E-state index is -0.203. The van der Waals surface area contributed by atoms with E-state index < -0.39 is 0 Å². The predicted octanol–water partition coefficient (Wildman–Crippen LogP) is 3.14. The molecule has 0 aromatic rings. The van der Waals surface area contributed by atoms with Crippen LogP contribution in [-0.4, -0.2) is 11.2 Å². The molecule has 1 unspecified atom stereocenters. The standard InChI is InChI=1S/C11H22O/c1-5-6-7-8-11(3,4)9-10(2)12/h7-8,10,12H,5-6,9H2,1-4H3. The lowest BCUT2D eigenvalue weighted by molar-refractivity contribution is 0.148. The summed E-state index contributed by atoms with van der Waals surface area (Å²) in [6.45, 7) is 8.33. The molecule has 1 heteroatoms. The van der Waals surface area contributed by atoms with Gasteiger partial charge in [-0.15, -0.1) is 0 Å². The largest absolute Gasteiger partial charge is 0.393 e. The van der Waals surface area contributed by atoms with E-state index >= 15 is 0 Å². The third-order valence-electron chi connectivity index (χ3n) is 1.85. The van der Waals surface area contributed by atoms with Crippen molar-refractivity contribution in [3.05, 3.63) is 12.2 Å². The van der Waals surface area contributed by atoms with Gasteiger partial charge in [-0.25, -0.2) is 0 Å². The van der Waals surface area contributed by atoms with Gasteiger partial charge < -0.3 is 5.11 Å². The smallest absolute Gasteiger partial charge is 0.0520 e. The zero-order valence-corrected chi connectivity index (χ0v) is 8.80. The molecule has 0 bridgehead atoms. The first-order chi connectivity index (χ1) is 5.48. The van der Waals surface area contributed by atoms with Crippen LogP contribution in [0.2, 0.25) is 0 Å². The van der Waals surface area contributed by atoms with E-state index in [0.29, 0.717) is 0 Å². The number of aliphatic hydroxyl groups excluding tert-OH is 1. The van der Waals surface area contributed by atoms with Crippen LogP contribution in [0.1, 0.15) is 47.0 Å². The van der Waals surface area contributed by atoms with Gasteiger partial charge in [0.2, 0.25) is 0 Å². The number of aliphatic hydroxyl groups is 1. The quantitative estimate of drug-likeness (QED) is 0.628. The number of allylic oxidation sites excluding steroid dienone is 2. The van der Waals surface area contributed by atoms with Crippen molar-refractivity contribution in [1.82, 2.24) is 0 Å². The predicted molar refractivity (Wildman–Crippen MR) is 54.1 cm³/mol. The van der Waals surface area contributed by atoms with Crippen molar-refractivity contribution in [2.24, 2.45) is 5.41 Å². The van der Waals surface area contributed by atoms with Crippen molar-refractivity contribution in [3.63, 3.8) is 0 Å². The normalized spacial score (nSPS) is 15.4. The first-order valence-electron chi connectivity index (χ1n) is 4.83. The Kier molecular flexibility index (Phi) is 5.23. The van der Waals surface area contributed by atoms with Gasteiger partial charge in [0.25, 0.3) is 0 Å². The van der Waals surface area contributed by atoms with Gasteiger partial charge in [0, 0.05) is 0 Å². The van der Waals surface area contributed by atoms with Gasteiger partial charge in [0.1, 0.15) is 0 Å². The molecule has 0 heterocycles. The summed E-state index contributed by atoms with van der Waals surface area (Å²) >= 11 is 0. The Bertz CT molecular complexity index is 134. The molecular formula is C11H22O. The molecule has 0 aliphatic carbocycles. The fourth-order valence-corrected chi connectivity index (χ4v) is 1.40. The number of unbranched alkanes of at least 4 members (excludes halogenated alkanes) is 1. The zero-order chi connectivity index (χ0) is 9.61. The van der Waals surface area contributed by atoms with E-state index in [1.54, 1.807) is 0 Å². The Morgan fingerprint density at radius 3 is 2.42 bits per heavy atom. The molecule has 0 aliphatic rings. The average Bonchev–Trinajstić information content (AvgIpc) is 1.84. The average molecular weight is 170 g/mol. The molecule has 0 aliphatic heterocycles. The first kappa shape index (κ1) is 11.7. The van der Waals surface area contributed by atoms with E-state index in [1.165, 1.54) is 6.42 Å². The minimum absolute atomic E-state index is 0.142. The molecule has 72 valence electrons. The molecule has 0 amide bonds. The van der Waals surface area contributed by atoms with Crippen LogP contribution in [0.4, 0.5) is 0 Å². The second-order valence-corrected chi connectivity index (χ2v) is 4.23. The van der Waals surface area contributed by atoms with E-state index in [1.807, 2.05) is 6.92 Å². The fourth-order valence-electron chi connectivity index (χ4n) is 1.40. The molecule has 1 nitrogen and oxygen atoms in total. The zero-order valence-electron chi connectivity index (χ0n) is 8.80. The maximum absolute atomic E-state index is 9.21. The highest BCUT2D eigenvalue weighted by atomic mass is 16.3. The van der Waals surface area contributed by atoms with Crippen molar-refractivity contribution < 1.29 is 5.11 Å². The van der Waals surface area contributed by atoms with Crippen LogP contribution < -0.4 is 0 Å². The first-order valence-corrected chi connectivity index (χ1v) is 4.83. The lowest BCUT2D eigenvalue weighted by atomic mass is 9.86. The molecule has 0 spiro atoms. The summed E-state index contributed by atoms with van der Waals surface area (Å²) in [5.41, 5.74) is 0.142. The lowest BCUT2D eigenvalue weighted by Crippen LogP contribution is -2.15. The topological polar surface area (TPSA) is 20.2 Å². The Balaban J connectivity index is 3.85. The maximum Gasteiger partial charge on any atom is 0.0520 e. The van der Waals surface area contributed by atoms with Gasteiger partial charge in [-0.1, -0.05) is 39.3 Å². The second kappa shape index (κ2) is 5.36. The van der Waals surface area contributed by atoms with E-state index in [2.05, 4.69) is 32.9 Å². The highest BCUT2D eigenvalue weighted by Gasteiger charge is 2.15. The van der Waals surface area contributed by atoms with Crippen LogP contribution in [0.5, 0.6) is 0 Å². The summed E-state index contributed by atoms with van der Waals surface area (Å²) in [6.07, 6.45) is 7.40. The van der Waals surface area contributed by atoms with Crippen molar-refractivity contribution in [2.45, 2.75) is 53.1 Å². The van der Waals surface area contributed by atoms with Crippen molar-refractivity contribution >= 4 is 0 Å². The van der Waals surface area contributed by atoms with Crippen LogP contribution in [0.25, 0.3) is 0 Å². The van der Waals surface area contributed by atoms with Gasteiger partial charge in [0.15, 0.2) is 0 Å². The van der Waals surface area contributed by atoms with Crippen LogP contribution >= 0.6 is 0 Å². The molecular weight excluding hydrogens is 148 g/mol. The van der Waals surface area contributed by atoms with Crippen LogP contribution in [0, 0.1) is 5.41 Å². The summed E-state index contributed by atoms with van der Waals surface area (Å²) in [4.78, 5) is 0. The van der Waals surface area contributed by atoms with Crippen LogP contribution in [0.15, 0.2) is 12.2 Å². The van der Waals surface area contributed by atoms with Gasteiger partial charge in [-0.05, 0) is 25.2 Å². The molecule has 0 saturated carbocycles. The van der Waals surface area contributed by atoms with E-state index in [9.17, 15) is 5.11 Å². The lowest BCUT2D eigenvalue weighted by Gasteiger charge is -2.21. The summed E-state index contributed by atoms with van der Waals surface area (Å²) < 4.78 is 0. The Labute approximate surface area is 76.5 Å². The number of hydrogen-bond acceptors (Lipinski definition) is 1. The van der Waals surface area contributed by atoms with Crippen molar-refractivity contribution in [2.75, 3.05) is 0 Å². The molecule has 0 aromatic heterocycles. The molecule has 0 rings (SSSR count). The van der Waals surface area contributed by atoms with Crippen LogP contribution in [-0.2, 0) is 0 Å². The minimum Gasteiger partial charge on any atom is -0.393 e. The monoisotopic (exact) mass is 170 g/mol. The second-order valence-electron chi connectivity index (χ2n) is 4.23. The van der Waals surface area contributed by atoms with Gasteiger partial charge in [0.05, 0.1) is 6.10 Å². The van der Waals surface area contributed by atoms with Gasteiger partial charge >= 0.3 is 0 Å². The molecule has 0 aromatic carbocycles. The summed E-state index contributed by atoms with van der Waals surface area (Å²) in [7, 11) is 0. The van der Waals surface area contributed by atoms with E-state index in [4.69, 9.17) is 0 Å². The van der Waals surface area contributed by atoms with Crippen LogP contribution in [0.3, 0.4) is 0 Å². The summed E-state index contributed by atoms with van der Waals surface area (Å²) in [6, 6.07) is 0. The highest BCUT2D eigenvalue weighted by Crippen LogP contribution is 2.24. The fraction of sp³-hybridized carbons (Fsp3) is 0.818. The molecule has 1 atom stereocenters. The third kappa shape index (κ3) is 6.41. The SMILES string of the molecule is CCCC=CC(C)(C)CC(C)O. The summed E-state index contributed by atoms with van der Waals surface area (Å²) in [5.74, 6) is 0. The molecule has 0 fully saturated rings. The number of rotatable bonds is 5. The van der Waals surface area contributed by atoms with E-state index in [-0.39, 0.29) is 11.5 Å². The Morgan fingerprint density at radius 2 is 2.00 bits per heavy atom. The molecule has 1 N–H and O–H groups in total. The number of hydrogen-bond donors (Lipinski definition) is 1. The highest BCUT2D eigenvalue weighted by molar-refractivity contribution is 4.95. The van der Waals surface area contributed by atoms with Gasteiger partial charge in [-0.3, -0.25) is 0 Å². The third-order valence-corrected chi connectivity index (χ3v) is 1.85. The summed E-state index contributed by atoms with van der Waals surface area (Å²) in [5, 5.41) is 9.21. The van der Waals surface area contributed by atoms with Gasteiger partial charge in [-0.2, -0.15) is 0 Å². The Morgan fingerprint density at radius 1 is 1.42 bits per heavy atom. The molecule has 12 heavy (non-hydrogen) atoms. The molecule has 0 saturated heterocycles. The maximum atomic E-state index is 9.21. The molecule has 0 radical (unpaired) electrons. The van der Waals surface area contributed by atoms with E-state index in [0.717, 1.165) is 12.8 Å². The van der Waals surface area contributed by atoms with Crippen molar-refractivity contribution in [3.8, 4) is 0 Å².